The number of rotatable bonds is 4. The normalized spacial score (nSPS) is 28.7. The molecule has 2 N–H and O–H groups in total. The van der Waals surface area contributed by atoms with Crippen LogP contribution >= 0.6 is 11.8 Å². The molecular formula is C13H24N2OS. The second-order valence-electron chi connectivity index (χ2n) is 5.53. The van der Waals surface area contributed by atoms with E-state index in [1.165, 1.54) is 32.1 Å². The first-order valence-corrected chi connectivity index (χ1v) is 7.94. The summed E-state index contributed by atoms with van der Waals surface area (Å²) in [6.07, 6.45) is 9.41. The number of nitrogens with two attached hydrogens (primary N) is 1. The Morgan fingerprint density at radius 2 is 2.12 bits per heavy atom. The van der Waals surface area contributed by atoms with E-state index in [-0.39, 0.29) is 0 Å². The van der Waals surface area contributed by atoms with Gasteiger partial charge in [-0.3, -0.25) is 4.79 Å². The summed E-state index contributed by atoms with van der Waals surface area (Å²) >= 11 is 1.97. The van der Waals surface area contributed by atoms with Gasteiger partial charge in [0.2, 0.25) is 5.91 Å². The number of amides is 1. The van der Waals surface area contributed by atoms with Gasteiger partial charge in [0.1, 0.15) is 0 Å². The van der Waals surface area contributed by atoms with Gasteiger partial charge in [0.05, 0.1) is 0 Å². The number of likely N-dealkylation sites (tertiary alicyclic amines) is 1. The Kier molecular flexibility index (Phi) is 4.36. The fourth-order valence-corrected chi connectivity index (χ4v) is 4.12. The zero-order valence-corrected chi connectivity index (χ0v) is 11.6. The second kappa shape index (κ2) is 5.61. The third kappa shape index (κ3) is 2.97. The molecule has 0 aromatic carbocycles. The van der Waals surface area contributed by atoms with E-state index in [0.717, 1.165) is 13.1 Å². The molecule has 3 nitrogen and oxygen atoms in total. The van der Waals surface area contributed by atoms with Crippen LogP contribution in [0.15, 0.2) is 0 Å². The summed E-state index contributed by atoms with van der Waals surface area (Å²) < 4.78 is 0.331. The lowest BCUT2D eigenvalue weighted by Crippen LogP contribution is -2.42. The fourth-order valence-electron chi connectivity index (χ4n) is 3.14. The molecule has 1 saturated heterocycles. The number of carbonyl (C=O) groups is 1. The summed E-state index contributed by atoms with van der Waals surface area (Å²) in [5.74, 6) is 0.712. The summed E-state index contributed by atoms with van der Waals surface area (Å²) in [5.41, 5.74) is 5.67. The van der Waals surface area contributed by atoms with E-state index in [4.69, 9.17) is 5.73 Å². The third-order valence-corrected chi connectivity index (χ3v) is 5.71. The average Bonchev–Trinajstić information content (AvgIpc) is 2.71. The predicted molar refractivity (Wildman–Crippen MR) is 73.1 cm³/mol. The van der Waals surface area contributed by atoms with Crippen molar-refractivity contribution in [2.75, 3.05) is 25.9 Å². The van der Waals surface area contributed by atoms with E-state index in [9.17, 15) is 4.79 Å². The fraction of sp³-hybridized carbons (Fsp3) is 0.923. The van der Waals surface area contributed by atoms with Crippen molar-refractivity contribution < 1.29 is 4.79 Å². The van der Waals surface area contributed by atoms with Crippen molar-refractivity contribution in [1.82, 2.24) is 4.90 Å². The number of nitrogens with zero attached hydrogens (tertiary/aromatic N) is 1. The molecule has 2 fully saturated rings. The van der Waals surface area contributed by atoms with Crippen molar-refractivity contribution in [3.63, 3.8) is 0 Å². The van der Waals surface area contributed by atoms with Crippen LogP contribution in [0, 0.1) is 5.92 Å². The van der Waals surface area contributed by atoms with Crippen molar-refractivity contribution in [1.29, 1.82) is 0 Å². The van der Waals surface area contributed by atoms with Gasteiger partial charge < -0.3 is 10.6 Å². The maximum atomic E-state index is 11.9. The SMILES string of the molecule is CSC1(CN2CC(CN)CC2=O)CCCCC1. The Hall–Kier alpha value is -0.220. The molecule has 17 heavy (non-hydrogen) atoms. The highest BCUT2D eigenvalue weighted by atomic mass is 32.2. The van der Waals surface area contributed by atoms with Gasteiger partial charge in [-0.2, -0.15) is 11.8 Å². The first kappa shape index (κ1) is 13.2. The van der Waals surface area contributed by atoms with Crippen molar-refractivity contribution in [2.24, 2.45) is 11.7 Å². The van der Waals surface area contributed by atoms with E-state index < -0.39 is 0 Å². The van der Waals surface area contributed by atoms with Crippen LogP contribution in [0.3, 0.4) is 0 Å². The Morgan fingerprint density at radius 3 is 2.65 bits per heavy atom. The predicted octanol–water partition coefficient (Wildman–Crippen LogP) is 1.86. The van der Waals surface area contributed by atoms with Gasteiger partial charge in [-0.25, -0.2) is 0 Å². The Bertz CT molecular complexity index is 277. The highest BCUT2D eigenvalue weighted by molar-refractivity contribution is 8.00. The lowest BCUT2D eigenvalue weighted by Gasteiger charge is -2.38. The number of hydrogen-bond donors (Lipinski definition) is 1. The van der Waals surface area contributed by atoms with Gasteiger partial charge in [-0.05, 0) is 31.6 Å². The maximum absolute atomic E-state index is 11.9. The topological polar surface area (TPSA) is 46.3 Å². The van der Waals surface area contributed by atoms with Crippen molar-refractivity contribution in [3.05, 3.63) is 0 Å². The van der Waals surface area contributed by atoms with Crippen LogP contribution in [0.25, 0.3) is 0 Å². The van der Waals surface area contributed by atoms with E-state index in [0.29, 0.717) is 29.5 Å². The minimum absolute atomic E-state index is 0.319. The molecule has 1 heterocycles. The van der Waals surface area contributed by atoms with Crippen LogP contribution in [-0.2, 0) is 4.79 Å². The lowest BCUT2D eigenvalue weighted by atomic mass is 9.88. The van der Waals surface area contributed by atoms with Gasteiger partial charge in [-0.1, -0.05) is 19.3 Å². The van der Waals surface area contributed by atoms with Crippen molar-refractivity contribution in [2.45, 2.75) is 43.3 Å². The molecule has 0 spiro atoms. The lowest BCUT2D eigenvalue weighted by molar-refractivity contribution is -0.128. The highest BCUT2D eigenvalue weighted by Crippen LogP contribution is 2.40. The summed E-state index contributed by atoms with van der Waals surface area (Å²) in [7, 11) is 0. The first-order chi connectivity index (χ1) is 8.19. The largest absolute Gasteiger partial charge is 0.341 e. The van der Waals surface area contributed by atoms with Crippen molar-refractivity contribution >= 4 is 17.7 Å². The highest BCUT2D eigenvalue weighted by Gasteiger charge is 2.37. The van der Waals surface area contributed by atoms with Gasteiger partial charge in [0, 0.05) is 24.3 Å². The van der Waals surface area contributed by atoms with Gasteiger partial charge in [0.25, 0.3) is 0 Å². The summed E-state index contributed by atoms with van der Waals surface area (Å²) in [4.78, 5) is 14.0. The number of hydrogen-bond acceptors (Lipinski definition) is 3. The molecule has 0 aromatic heterocycles. The van der Waals surface area contributed by atoms with Crippen LogP contribution in [0.2, 0.25) is 0 Å². The quantitative estimate of drug-likeness (QED) is 0.835. The maximum Gasteiger partial charge on any atom is 0.223 e. The molecule has 1 amide bonds. The van der Waals surface area contributed by atoms with E-state index in [1.807, 2.05) is 11.8 Å². The molecular weight excluding hydrogens is 232 g/mol. The smallest absolute Gasteiger partial charge is 0.223 e. The van der Waals surface area contributed by atoms with Crippen LogP contribution in [-0.4, -0.2) is 41.4 Å². The minimum Gasteiger partial charge on any atom is -0.341 e. The van der Waals surface area contributed by atoms with Crippen LogP contribution in [0.4, 0.5) is 0 Å². The van der Waals surface area contributed by atoms with Crippen LogP contribution < -0.4 is 5.73 Å². The van der Waals surface area contributed by atoms with Gasteiger partial charge >= 0.3 is 0 Å². The molecule has 2 rings (SSSR count). The third-order valence-electron chi connectivity index (χ3n) is 4.30. The van der Waals surface area contributed by atoms with Crippen molar-refractivity contribution in [3.8, 4) is 0 Å². The standard InChI is InChI=1S/C13H24N2OS/c1-17-13(5-3-2-4-6-13)10-15-9-11(8-14)7-12(15)16/h11H,2-10,14H2,1H3. The molecule has 98 valence electrons. The van der Waals surface area contributed by atoms with Crippen LogP contribution in [0.5, 0.6) is 0 Å². The van der Waals surface area contributed by atoms with E-state index in [2.05, 4.69) is 11.2 Å². The molecule has 2 aliphatic rings. The van der Waals surface area contributed by atoms with Gasteiger partial charge in [-0.15, -0.1) is 0 Å². The first-order valence-electron chi connectivity index (χ1n) is 6.72. The molecule has 1 aliphatic heterocycles. The zero-order chi connectivity index (χ0) is 12.3. The minimum atomic E-state index is 0.319. The molecule has 1 atom stereocenters. The number of thioether (sulfide) groups is 1. The molecule has 1 unspecified atom stereocenters. The average molecular weight is 256 g/mol. The molecule has 4 heteroatoms. The Balaban J connectivity index is 1.96. The monoisotopic (exact) mass is 256 g/mol. The Morgan fingerprint density at radius 1 is 1.41 bits per heavy atom. The summed E-state index contributed by atoms with van der Waals surface area (Å²) in [6.45, 7) is 2.48. The molecule has 0 radical (unpaired) electrons. The molecule has 1 saturated carbocycles. The summed E-state index contributed by atoms with van der Waals surface area (Å²) in [6, 6.07) is 0. The molecule has 1 aliphatic carbocycles. The van der Waals surface area contributed by atoms with Gasteiger partial charge in [0.15, 0.2) is 0 Å². The van der Waals surface area contributed by atoms with E-state index >= 15 is 0 Å². The zero-order valence-electron chi connectivity index (χ0n) is 10.8. The second-order valence-corrected chi connectivity index (χ2v) is 6.80. The van der Waals surface area contributed by atoms with Crippen LogP contribution in [0.1, 0.15) is 38.5 Å². The summed E-state index contributed by atoms with van der Waals surface area (Å²) in [5, 5.41) is 0. The Labute approximate surface area is 108 Å². The number of carbonyl (C=O) groups excluding carboxylic acids is 1. The molecule has 0 aromatic rings. The van der Waals surface area contributed by atoms with E-state index in [1.54, 1.807) is 0 Å². The molecule has 0 bridgehead atoms.